The highest BCUT2D eigenvalue weighted by Crippen LogP contribution is 2.16. The van der Waals surface area contributed by atoms with Crippen molar-refractivity contribution in [3.8, 4) is 0 Å². The zero-order chi connectivity index (χ0) is 18.9. The number of hydrogen-bond donors (Lipinski definition) is 1. The van der Waals surface area contributed by atoms with Gasteiger partial charge in [0.15, 0.2) is 5.69 Å². The molecule has 27 heavy (non-hydrogen) atoms. The van der Waals surface area contributed by atoms with Crippen molar-refractivity contribution in [1.29, 1.82) is 0 Å². The van der Waals surface area contributed by atoms with Crippen LogP contribution in [0.25, 0.3) is 4.85 Å². The fourth-order valence-electron chi connectivity index (χ4n) is 3.02. The monoisotopic (exact) mass is 372 g/mol. The van der Waals surface area contributed by atoms with E-state index in [1.807, 2.05) is 24.1 Å². The Morgan fingerprint density at radius 1 is 1.37 bits per heavy atom. The maximum atomic E-state index is 12.6. The minimum atomic E-state index is -0.112. The number of nitrogens with zero attached hydrogens (tertiary/aromatic N) is 3. The predicted octanol–water partition coefficient (Wildman–Crippen LogP) is 4.00. The molecule has 1 aromatic rings. The lowest BCUT2D eigenvalue weighted by atomic mass is 10.0. The van der Waals surface area contributed by atoms with Gasteiger partial charge in [-0.3, -0.25) is 4.79 Å². The molecule has 1 heterocycles. The summed E-state index contributed by atoms with van der Waals surface area (Å²) in [6.45, 7) is 13.0. The predicted molar refractivity (Wildman–Crippen MR) is 110 cm³/mol. The Labute approximate surface area is 163 Å². The summed E-state index contributed by atoms with van der Waals surface area (Å²) in [5.74, 6) is 0.658. The minimum Gasteiger partial charge on any atom is -0.391 e. The summed E-state index contributed by atoms with van der Waals surface area (Å²) in [7, 11) is 1.85. The lowest BCUT2D eigenvalue weighted by Crippen LogP contribution is -2.48. The summed E-state index contributed by atoms with van der Waals surface area (Å²) in [6, 6.07) is 7.23. The van der Waals surface area contributed by atoms with Crippen molar-refractivity contribution in [2.45, 2.75) is 53.2 Å². The molecule has 6 nitrogen and oxygen atoms in total. The fourth-order valence-corrected chi connectivity index (χ4v) is 3.02. The van der Waals surface area contributed by atoms with Crippen LogP contribution in [0.5, 0.6) is 0 Å². The smallest absolute Gasteiger partial charge is 0.239 e. The number of oxime groups is 1. The van der Waals surface area contributed by atoms with Gasteiger partial charge in [0.05, 0.1) is 18.3 Å². The molecule has 1 atom stereocenters. The van der Waals surface area contributed by atoms with Crippen molar-refractivity contribution in [2.75, 3.05) is 20.1 Å². The molecular weight excluding hydrogens is 340 g/mol. The molecule has 0 unspecified atom stereocenters. The summed E-state index contributed by atoms with van der Waals surface area (Å²) in [5.41, 5.74) is 2.52. The molecule has 6 heteroatoms. The number of benzene rings is 1. The van der Waals surface area contributed by atoms with Crippen LogP contribution < -0.4 is 5.32 Å². The fraction of sp³-hybridized carbons (Fsp3) is 0.571. The first-order valence-electron chi connectivity index (χ1n) is 9.13. The zero-order valence-electron chi connectivity index (χ0n) is 15.9. The van der Waals surface area contributed by atoms with Crippen molar-refractivity contribution in [1.82, 2.24) is 10.2 Å². The van der Waals surface area contributed by atoms with Gasteiger partial charge in [-0.1, -0.05) is 44.6 Å². The Bertz CT molecular complexity index is 669. The third kappa shape index (κ3) is 7.03. The SMILES string of the molecule is C.[C-]#[N+]c1cccc(CON=C2CCN(C(=O)[C@H](CC(C)C)NC)CC2)c1. The van der Waals surface area contributed by atoms with Crippen LogP contribution >= 0.6 is 0 Å². The minimum absolute atomic E-state index is 0. The molecule has 0 bridgehead atoms. The first-order valence-corrected chi connectivity index (χ1v) is 9.13. The maximum Gasteiger partial charge on any atom is 0.239 e. The van der Waals surface area contributed by atoms with Gasteiger partial charge in [-0.2, -0.15) is 0 Å². The van der Waals surface area contributed by atoms with Crippen molar-refractivity contribution >= 4 is 17.3 Å². The van der Waals surface area contributed by atoms with E-state index in [9.17, 15) is 4.79 Å². The molecule has 0 aromatic heterocycles. The molecule has 1 saturated heterocycles. The number of hydrogen-bond acceptors (Lipinski definition) is 4. The van der Waals surface area contributed by atoms with E-state index >= 15 is 0 Å². The molecule has 2 rings (SSSR count). The average Bonchev–Trinajstić information content (AvgIpc) is 2.66. The van der Waals surface area contributed by atoms with E-state index in [0.717, 1.165) is 30.5 Å². The molecule has 1 aliphatic heterocycles. The van der Waals surface area contributed by atoms with Crippen LogP contribution in [-0.4, -0.2) is 42.7 Å². The number of likely N-dealkylation sites (tertiary alicyclic amines) is 1. The van der Waals surface area contributed by atoms with Crippen molar-refractivity contribution in [2.24, 2.45) is 11.1 Å². The van der Waals surface area contributed by atoms with Crippen LogP contribution in [-0.2, 0) is 16.2 Å². The van der Waals surface area contributed by atoms with E-state index < -0.39 is 0 Å². The summed E-state index contributed by atoms with van der Waals surface area (Å²) in [6.07, 6.45) is 2.33. The van der Waals surface area contributed by atoms with E-state index in [0.29, 0.717) is 31.3 Å². The number of piperidine rings is 1. The summed E-state index contributed by atoms with van der Waals surface area (Å²) >= 11 is 0. The van der Waals surface area contributed by atoms with E-state index in [4.69, 9.17) is 11.4 Å². The number of nitrogens with one attached hydrogen (secondary N) is 1. The first kappa shape index (κ1) is 22.7. The van der Waals surface area contributed by atoms with Gasteiger partial charge in [0, 0.05) is 25.9 Å². The Hall–Kier alpha value is -2.39. The van der Waals surface area contributed by atoms with Crippen LogP contribution in [0.2, 0.25) is 0 Å². The normalized spacial score (nSPS) is 14.9. The third-order valence-corrected chi connectivity index (χ3v) is 4.47. The van der Waals surface area contributed by atoms with Gasteiger partial charge in [0.1, 0.15) is 6.61 Å². The van der Waals surface area contributed by atoms with Crippen LogP contribution in [0.1, 0.15) is 46.1 Å². The lowest BCUT2D eigenvalue weighted by molar-refractivity contribution is -0.133. The van der Waals surface area contributed by atoms with Crippen molar-refractivity contribution in [3.63, 3.8) is 0 Å². The molecule has 148 valence electrons. The highest BCUT2D eigenvalue weighted by molar-refractivity contribution is 5.88. The van der Waals surface area contributed by atoms with Gasteiger partial charge in [0.2, 0.25) is 5.91 Å². The number of amides is 1. The maximum absolute atomic E-state index is 12.6. The number of carbonyl (C=O) groups excluding carboxylic acids is 1. The Kier molecular flexibility index (Phi) is 9.52. The van der Waals surface area contributed by atoms with Gasteiger partial charge in [-0.15, -0.1) is 0 Å². The van der Waals surface area contributed by atoms with Gasteiger partial charge in [-0.05, 0) is 31.0 Å². The van der Waals surface area contributed by atoms with Gasteiger partial charge < -0.3 is 15.1 Å². The summed E-state index contributed by atoms with van der Waals surface area (Å²) < 4.78 is 0. The van der Waals surface area contributed by atoms with Crippen LogP contribution in [0, 0.1) is 12.5 Å². The molecule has 0 aliphatic carbocycles. The second-order valence-corrected chi connectivity index (χ2v) is 7.01. The second-order valence-electron chi connectivity index (χ2n) is 7.01. The quantitative estimate of drug-likeness (QED) is 0.581. The van der Waals surface area contributed by atoms with Crippen LogP contribution in [0.4, 0.5) is 5.69 Å². The molecule has 1 aromatic carbocycles. The Morgan fingerprint density at radius 2 is 2.07 bits per heavy atom. The molecule has 1 amide bonds. The third-order valence-electron chi connectivity index (χ3n) is 4.47. The van der Waals surface area contributed by atoms with E-state index in [1.54, 1.807) is 12.1 Å². The van der Waals surface area contributed by atoms with Gasteiger partial charge >= 0.3 is 0 Å². The average molecular weight is 373 g/mol. The summed E-state index contributed by atoms with van der Waals surface area (Å²) in [4.78, 5) is 23.4. The molecule has 1 N–H and O–H groups in total. The lowest BCUT2D eigenvalue weighted by Gasteiger charge is -2.31. The van der Waals surface area contributed by atoms with Crippen molar-refractivity contribution in [3.05, 3.63) is 41.2 Å². The van der Waals surface area contributed by atoms with Gasteiger partial charge in [-0.25, -0.2) is 4.85 Å². The highest BCUT2D eigenvalue weighted by atomic mass is 16.6. The van der Waals surface area contributed by atoms with E-state index in [-0.39, 0.29) is 19.4 Å². The highest BCUT2D eigenvalue weighted by Gasteiger charge is 2.26. The topological polar surface area (TPSA) is 58.3 Å². The largest absolute Gasteiger partial charge is 0.391 e. The Balaban J connectivity index is 0.00000364. The Morgan fingerprint density at radius 3 is 2.67 bits per heavy atom. The van der Waals surface area contributed by atoms with E-state index in [1.165, 1.54) is 0 Å². The molecule has 0 saturated carbocycles. The number of carbonyl (C=O) groups is 1. The second kappa shape index (κ2) is 11.3. The molecule has 1 aliphatic rings. The van der Waals surface area contributed by atoms with Crippen molar-refractivity contribution < 1.29 is 9.63 Å². The number of rotatable bonds is 7. The summed E-state index contributed by atoms with van der Waals surface area (Å²) in [5, 5.41) is 7.36. The molecule has 0 radical (unpaired) electrons. The standard InChI is InChI=1S/C20H28N4O2.CH4/c1-15(2)12-19(22-4)20(25)24-10-8-17(9-11-24)23-26-14-16-6-5-7-18(13-16)21-3;/h5-7,13,15,19,22H,8-12,14H2,1-2,4H3;1H4/t19-;/m0./s1. The zero-order valence-corrected chi connectivity index (χ0v) is 15.9. The van der Waals surface area contributed by atoms with Crippen LogP contribution in [0.15, 0.2) is 29.4 Å². The first-order chi connectivity index (χ1) is 12.5. The van der Waals surface area contributed by atoms with Gasteiger partial charge in [0.25, 0.3) is 0 Å². The van der Waals surface area contributed by atoms with E-state index in [2.05, 4.69) is 29.2 Å². The molecule has 1 fully saturated rings. The molecule has 0 spiro atoms. The number of likely N-dealkylation sites (N-methyl/N-ethyl adjacent to an activating group) is 1. The molecular formula is C21H32N4O2. The van der Waals surface area contributed by atoms with Crippen LogP contribution in [0.3, 0.4) is 0 Å².